The van der Waals surface area contributed by atoms with Gasteiger partial charge >= 0.3 is 0 Å². The van der Waals surface area contributed by atoms with Gasteiger partial charge < -0.3 is 5.32 Å². The number of carbonyl (C=O) groups excluding carboxylic acids is 1. The average molecular weight is 416 g/mol. The molecule has 0 radical (unpaired) electrons. The first-order chi connectivity index (χ1) is 13.1. The lowest BCUT2D eigenvalue weighted by atomic mass is 10.2. The van der Waals surface area contributed by atoms with Crippen LogP contribution in [0, 0.1) is 6.92 Å². The summed E-state index contributed by atoms with van der Waals surface area (Å²) in [7, 11) is 0. The summed E-state index contributed by atoms with van der Waals surface area (Å²) in [4.78, 5) is 33.7. The first kappa shape index (κ1) is 18.1. The Morgan fingerprint density at radius 1 is 1.26 bits per heavy atom. The first-order valence-electron chi connectivity index (χ1n) is 8.44. The molecule has 4 heterocycles. The van der Waals surface area contributed by atoms with Crippen molar-refractivity contribution in [2.24, 2.45) is 0 Å². The standard InChI is InChI=1S/C19H17N3O2S3/c1-12-4-5-15(27-12)14-10-26-18-17(14)19(24)22(11-21-18)9-16(23)20-7-6-13-3-2-8-25-13/h2-5,8,10-11H,6-7,9H2,1H3,(H,20,23). The number of hydrogen-bond donors (Lipinski definition) is 1. The van der Waals surface area contributed by atoms with Gasteiger partial charge in [-0.2, -0.15) is 0 Å². The minimum atomic E-state index is -0.182. The van der Waals surface area contributed by atoms with E-state index in [0.717, 1.165) is 16.9 Å². The van der Waals surface area contributed by atoms with Crippen LogP contribution in [-0.2, 0) is 17.8 Å². The van der Waals surface area contributed by atoms with Gasteiger partial charge in [0.1, 0.15) is 11.4 Å². The monoisotopic (exact) mass is 415 g/mol. The fourth-order valence-corrected chi connectivity index (χ4v) is 5.40. The van der Waals surface area contributed by atoms with Crippen molar-refractivity contribution in [2.45, 2.75) is 19.9 Å². The third-order valence-corrected chi connectivity index (χ3v) is 7.01. The van der Waals surface area contributed by atoms with Crippen molar-refractivity contribution in [1.29, 1.82) is 0 Å². The molecule has 5 nitrogen and oxygen atoms in total. The Hall–Kier alpha value is -2.29. The molecule has 8 heteroatoms. The summed E-state index contributed by atoms with van der Waals surface area (Å²) >= 11 is 4.78. The highest BCUT2D eigenvalue weighted by Crippen LogP contribution is 2.34. The van der Waals surface area contributed by atoms with Gasteiger partial charge in [0.25, 0.3) is 5.56 Å². The molecule has 4 rings (SSSR count). The van der Waals surface area contributed by atoms with Crippen molar-refractivity contribution in [3.05, 3.63) is 61.5 Å². The molecule has 0 atom stereocenters. The Kier molecular flexibility index (Phi) is 5.20. The fourth-order valence-electron chi connectivity index (χ4n) is 2.83. The molecule has 0 aliphatic heterocycles. The minimum absolute atomic E-state index is 0.0228. The van der Waals surface area contributed by atoms with Gasteiger partial charge in [-0.15, -0.1) is 34.0 Å². The molecule has 4 aromatic heterocycles. The predicted octanol–water partition coefficient (Wildman–Crippen LogP) is 3.92. The van der Waals surface area contributed by atoms with E-state index in [4.69, 9.17) is 0 Å². The van der Waals surface area contributed by atoms with Gasteiger partial charge in [0, 0.05) is 32.1 Å². The van der Waals surface area contributed by atoms with Gasteiger partial charge in [-0.1, -0.05) is 6.07 Å². The number of amides is 1. The lowest BCUT2D eigenvalue weighted by Gasteiger charge is -2.07. The van der Waals surface area contributed by atoms with Crippen LogP contribution in [0.5, 0.6) is 0 Å². The lowest BCUT2D eigenvalue weighted by molar-refractivity contribution is -0.121. The van der Waals surface area contributed by atoms with Crippen molar-refractivity contribution in [1.82, 2.24) is 14.9 Å². The molecule has 0 saturated carbocycles. The number of aryl methyl sites for hydroxylation is 1. The number of hydrogen-bond acceptors (Lipinski definition) is 6. The van der Waals surface area contributed by atoms with Crippen molar-refractivity contribution in [2.75, 3.05) is 6.54 Å². The maximum absolute atomic E-state index is 12.9. The highest BCUT2D eigenvalue weighted by Gasteiger charge is 2.15. The molecule has 27 heavy (non-hydrogen) atoms. The summed E-state index contributed by atoms with van der Waals surface area (Å²) in [6.07, 6.45) is 2.26. The molecule has 1 amide bonds. The van der Waals surface area contributed by atoms with E-state index < -0.39 is 0 Å². The van der Waals surface area contributed by atoms with Crippen LogP contribution in [0.3, 0.4) is 0 Å². The van der Waals surface area contributed by atoms with Crippen molar-refractivity contribution < 1.29 is 4.79 Å². The topological polar surface area (TPSA) is 64.0 Å². The number of aromatic nitrogens is 2. The molecule has 1 N–H and O–H groups in total. The summed E-state index contributed by atoms with van der Waals surface area (Å²) in [6.45, 7) is 2.58. The number of carbonyl (C=O) groups is 1. The second-order valence-electron chi connectivity index (χ2n) is 6.10. The third-order valence-electron chi connectivity index (χ3n) is 4.15. The fraction of sp³-hybridized carbons (Fsp3) is 0.211. The van der Waals surface area contributed by atoms with Gasteiger partial charge in [-0.25, -0.2) is 4.98 Å². The van der Waals surface area contributed by atoms with Gasteiger partial charge in [-0.3, -0.25) is 14.2 Å². The smallest absolute Gasteiger partial charge is 0.263 e. The zero-order chi connectivity index (χ0) is 18.8. The molecule has 0 aliphatic carbocycles. The van der Waals surface area contributed by atoms with Crippen LogP contribution in [0.1, 0.15) is 9.75 Å². The summed E-state index contributed by atoms with van der Waals surface area (Å²) in [6, 6.07) is 8.11. The van der Waals surface area contributed by atoms with E-state index in [-0.39, 0.29) is 18.0 Å². The van der Waals surface area contributed by atoms with Gasteiger partial charge in [0.05, 0.1) is 11.7 Å². The van der Waals surface area contributed by atoms with Crippen molar-refractivity contribution >= 4 is 50.1 Å². The van der Waals surface area contributed by atoms with Crippen LogP contribution in [0.25, 0.3) is 20.7 Å². The number of nitrogens with zero attached hydrogens (tertiary/aromatic N) is 2. The molecule has 4 aromatic rings. The van der Waals surface area contributed by atoms with Crippen LogP contribution in [0.2, 0.25) is 0 Å². The predicted molar refractivity (Wildman–Crippen MR) is 113 cm³/mol. The van der Waals surface area contributed by atoms with E-state index in [9.17, 15) is 9.59 Å². The van der Waals surface area contributed by atoms with Gasteiger partial charge in [0.15, 0.2) is 0 Å². The average Bonchev–Trinajstić information content (AvgIpc) is 3.38. The quantitative estimate of drug-likeness (QED) is 0.519. The first-order valence-corrected chi connectivity index (χ1v) is 11.0. The largest absolute Gasteiger partial charge is 0.354 e. The molecule has 0 bridgehead atoms. The van der Waals surface area contributed by atoms with Crippen LogP contribution >= 0.6 is 34.0 Å². The maximum Gasteiger partial charge on any atom is 0.263 e. The third kappa shape index (κ3) is 3.87. The molecular formula is C19H17N3O2S3. The molecule has 138 valence electrons. The van der Waals surface area contributed by atoms with Gasteiger partial charge in [0.2, 0.25) is 5.91 Å². The Morgan fingerprint density at radius 3 is 2.89 bits per heavy atom. The molecule has 0 saturated heterocycles. The molecule has 0 aromatic carbocycles. The summed E-state index contributed by atoms with van der Waals surface area (Å²) in [5, 5.41) is 7.45. The zero-order valence-electron chi connectivity index (χ0n) is 14.6. The van der Waals surface area contributed by atoms with E-state index in [0.29, 0.717) is 16.8 Å². The lowest BCUT2D eigenvalue weighted by Crippen LogP contribution is -2.33. The SMILES string of the molecule is Cc1ccc(-c2csc3ncn(CC(=O)NCCc4cccs4)c(=O)c23)s1. The van der Waals surface area contributed by atoms with E-state index in [1.165, 1.54) is 32.0 Å². The van der Waals surface area contributed by atoms with Crippen molar-refractivity contribution in [3.8, 4) is 10.4 Å². The van der Waals surface area contributed by atoms with Crippen LogP contribution in [-0.4, -0.2) is 22.0 Å². The number of fused-ring (bicyclic) bond motifs is 1. The highest BCUT2D eigenvalue weighted by molar-refractivity contribution is 7.19. The zero-order valence-corrected chi connectivity index (χ0v) is 17.0. The normalized spacial score (nSPS) is 11.1. The molecule has 0 unspecified atom stereocenters. The summed E-state index contributed by atoms with van der Waals surface area (Å²) in [5.74, 6) is -0.182. The Bertz CT molecular complexity index is 1140. The Balaban J connectivity index is 1.53. The minimum Gasteiger partial charge on any atom is -0.354 e. The van der Waals surface area contributed by atoms with E-state index in [1.54, 1.807) is 22.7 Å². The van der Waals surface area contributed by atoms with Crippen LogP contribution in [0.15, 0.2) is 46.1 Å². The molecule has 0 fully saturated rings. The summed E-state index contributed by atoms with van der Waals surface area (Å²) in [5.41, 5.74) is 0.730. The Morgan fingerprint density at radius 2 is 2.15 bits per heavy atom. The molecule has 0 spiro atoms. The van der Waals surface area contributed by atoms with Gasteiger partial charge in [-0.05, 0) is 36.9 Å². The number of nitrogens with one attached hydrogen (secondary N) is 1. The summed E-state index contributed by atoms with van der Waals surface area (Å²) < 4.78 is 1.39. The second kappa shape index (κ2) is 7.75. The van der Waals surface area contributed by atoms with Crippen molar-refractivity contribution in [3.63, 3.8) is 0 Å². The number of rotatable bonds is 6. The van der Waals surface area contributed by atoms with Crippen LogP contribution in [0.4, 0.5) is 0 Å². The van der Waals surface area contributed by atoms with E-state index in [1.807, 2.05) is 41.9 Å². The highest BCUT2D eigenvalue weighted by atomic mass is 32.1. The molecular weight excluding hydrogens is 398 g/mol. The number of thiophene rings is 3. The second-order valence-corrected chi connectivity index (χ2v) is 9.28. The van der Waals surface area contributed by atoms with E-state index in [2.05, 4.69) is 10.3 Å². The van der Waals surface area contributed by atoms with Crippen LogP contribution < -0.4 is 10.9 Å². The van der Waals surface area contributed by atoms with E-state index >= 15 is 0 Å². The molecule has 0 aliphatic rings. The Labute approximate surface area is 167 Å². The maximum atomic E-state index is 12.9.